The van der Waals surface area contributed by atoms with Crippen molar-refractivity contribution >= 4 is 11.3 Å². The molecule has 0 bridgehead atoms. The van der Waals surface area contributed by atoms with Crippen LogP contribution in [-0.2, 0) is 17.7 Å². The van der Waals surface area contributed by atoms with Gasteiger partial charge >= 0.3 is 0 Å². The summed E-state index contributed by atoms with van der Waals surface area (Å²) in [7, 11) is 1.74. The van der Waals surface area contributed by atoms with Gasteiger partial charge in [-0.1, -0.05) is 12.1 Å². The molecule has 8 heteroatoms. The molecule has 0 N–H and O–H groups in total. The van der Waals surface area contributed by atoms with Gasteiger partial charge in [-0.05, 0) is 19.8 Å². The van der Waals surface area contributed by atoms with Crippen molar-refractivity contribution in [2.45, 2.75) is 45.4 Å². The fraction of sp³-hybridized carbons (Fsp3) is 0.692. The van der Waals surface area contributed by atoms with Crippen LogP contribution in [0.2, 0.25) is 0 Å². The van der Waals surface area contributed by atoms with Gasteiger partial charge in [0.1, 0.15) is 10.0 Å². The van der Waals surface area contributed by atoms with E-state index in [1.54, 1.807) is 18.4 Å². The van der Waals surface area contributed by atoms with E-state index in [1.807, 2.05) is 6.92 Å². The summed E-state index contributed by atoms with van der Waals surface area (Å²) < 4.78 is 10.8. The molecule has 2 aromatic rings. The van der Waals surface area contributed by atoms with Gasteiger partial charge < -0.3 is 9.26 Å². The van der Waals surface area contributed by atoms with E-state index in [0.29, 0.717) is 11.7 Å². The van der Waals surface area contributed by atoms with Crippen LogP contribution in [0.15, 0.2) is 4.52 Å². The van der Waals surface area contributed by atoms with Gasteiger partial charge in [-0.15, -0.1) is 21.5 Å². The molecule has 0 spiro atoms. The zero-order chi connectivity index (χ0) is 14.8. The zero-order valence-electron chi connectivity index (χ0n) is 12.4. The molecule has 3 rings (SSSR count). The van der Waals surface area contributed by atoms with Crippen molar-refractivity contribution in [2.75, 3.05) is 13.7 Å². The molecule has 0 aliphatic carbocycles. The van der Waals surface area contributed by atoms with E-state index in [9.17, 15) is 0 Å². The van der Waals surface area contributed by atoms with Crippen LogP contribution in [0.4, 0.5) is 0 Å². The Morgan fingerprint density at radius 1 is 1.38 bits per heavy atom. The minimum Gasteiger partial charge on any atom is -0.380 e. The number of aryl methyl sites for hydroxylation is 2. The lowest BCUT2D eigenvalue weighted by molar-refractivity contribution is 0.107. The Morgan fingerprint density at radius 3 is 2.81 bits per heavy atom. The number of hydrogen-bond donors (Lipinski definition) is 0. The maximum Gasteiger partial charge on any atom is 0.244 e. The number of rotatable bonds is 5. The first-order chi connectivity index (χ1) is 10.2. The highest BCUT2D eigenvalue weighted by Gasteiger charge is 2.37. The van der Waals surface area contributed by atoms with Gasteiger partial charge in [-0.2, -0.15) is 4.98 Å². The highest BCUT2D eigenvalue weighted by atomic mass is 32.1. The van der Waals surface area contributed by atoms with Crippen LogP contribution in [0, 0.1) is 6.92 Å². The maximum atomic E-state index is 5.50. The van der Waals surface area contributed by atoms with E-state index in [-0.39, 0.29) is 12.1 Å². The minimum absolute atomic E-state index is 0.0881. The highest BCUT2D eigenvalue weighted by Crippen LogP contribution is 2.34. The largest absolute Gasteiger partial charge is 0.380 e. The number of likely N-dealkylation sites (tertiary alicyclic amines) is 1. The molecule has 2 aromatic heterocycles. The smallest absolute Gasteiger partial charge is 0.244 e. The molecule has 0 saturated carbocycles. The van der Waals surface area contributed by atoms with Crippen LogP contribution in [-0.4, -0.2) is 45.0 Å². The van der Waals surface area contributed by atoms with E-state index >= 15 is 0 Å². The summed E-state index contributed by atoms with van der Waals surface area (Å²) in [5.74, 6) is 1.32. The molecule has 0 amide bonds. The zero-order valence-corrected chi connectivity index (χ0v) is 13.3. The lowest BCUT2D eigenvalue weighted by Crippen LogP contribution is -2.25. The van der Waals surface area contributed by atoms with Crippen LogP contribution >= 0.6 is 11.3 Å². The van der Waals surface area contributed by atoms with Crippen molar-refractivity contribution in [3.63, 3.8) is 0 Å². The van der Waals surface area contributed by atoms with Gasteiger partial charge in [0.2, 0.25) is 5.89 Å². The Labute approximate surface area is 127 Å². The van der Waals surface area contributed by atoms with Crippen LogP contribution in [0.3, 0.4) is 0 Å². The maximum absolute atomic E-state index is 5.50. The number of ether oxygens (including phenoxy) is 1. The molecule has 1 aliphatic rings. The topological polar surface area (TPSA) is 77.2 Å². The SMILES string of the molecule is CCc1nnc(CN2C[C@@H](OC)C[C@@H]2c2nc(C)no2)s1. The average Bonchev–Trinajstić information content (AvgIpc) is 3.18. The monoisotopic (exact) mass is 309 g/mol. The van der Waals surface area contributed by atoms with Crippen LogP contribution < -0.4 is 0 Å². The molecule has 2 atom stereocenters. The standard InChI is InChI=1S/C13H19N5O2S/c1-4-11-15-16-12(21-11)7-18-6-9(19-3)5-10(18)13-14-8(2)17-20-13/h9-10H,4-7H2,1-3H3/t9-,10+/m0/s1. The highest BCUT2D eigenvalue weighted by molar-refractivity contribution is 7.11. The fourth-order valence-electron chi connectivity index (χ4n) is 2.58. The van der Waals surface area contributed by atoms with Crippen molar-refractivity contribution in [1.29, 1.82) is 0 Å². The van der Waals surface area contributed by atoms with Gasteiger partial charge in [-0.3, -0.25) is 4.90 Å². The first kappa shape index (κ1) is 14.6. The third-order valence-corrected chi connectivity index (χ3v) is 4.73. The van der Waals surface area contributed by atoms with Crippen molar-refractivity contribution in [3.05, 3.63) is 21.7 Å². The van der Waals surface area contributed by atoms with Gasteiger partial charge in [0.25, 0.3) is 0 Å². The second-order valence-electron chi connectivity index (χ2n) is 5.16. The third kappa shape index (κ3) is 3.12. The number of methoxy groups -OCH3 is 1. The van der Waals surface area contributed by atoms with Crippen LogP contribution in [0.25, 0.3) is 0 Å². The summed E-state index contributed by atoms with van der Waals surface area (Å²) in [5, 5.41) is 14.4. The van der Waals surface area contributed by atoms with Crippen LogP contribution in [0.1, 0.15) is 41.1 Å². The van der Waals surface area contributed by atoms with E-state index in [0.717, 1.165) is 35.9 Å². The van der Waals surface area contributed by atoms with Gasteiger partial charge in [-0.25, -0.2) is 0 Å². The Kier molecular flexibility index (Phi) is 4.27. The Bertz CT molecular complexity index is 599. The summed E-state index contributed by atoms with van der Waals surface area (Å²) in [5.41, 5.74) is 0. The van der Waals surface area contributed by atoms with Crippen LogP contribution in [0.5, 0.6) is 0 Å². The quantitative estimate of drug-likeness (QED) is 0.832. The first-order valence-corrected chi connectivity index (χ1v) is 7.89. The summed E-state index contributed by atoms with van der Waals surface area (Å²) in [6.07, 6.45) is 1.96. The fourth-order valence-corrected chi connectivity index (χ4v) is 3.39. The van der Waals surface area contributed by atoms with E-state index in [4.69, 9.17) is 9.26 Å². The molecule has 7 nitrogen and oxygen atoms in total. The Morgan fingerprint density at radius 2 is 2.19 bits per heavy atom. The average molecular weight is 309 g/mol. The van der Waals surface area contributed by atoms with E-state index in [2.05, 4.69) is 32.2 Å². The predicted octanol–water partition coefficient (Wildman–Crippen LogP) is 1.75. The molecule has 0 unspecified atom stereocenters. The van der Waals surface area contributed by atoms with Gasteiger partial charge in [0, 0.05) is 13.7 Å². The lowest BCUT2D eigenvalue weighted by Gasteiger charge is -2.19. The number of aromatic nitrogens is 4. The molecule has 1 aliphatic heterocycles. The Balaban J connectivity index is 1.77. The molecule has 0 radical (unpaired) electrons. The van der Waals surface area contributed by atoms with E-state index < -0.39 is 0 Å². The number of nitrogens with zero attached hydrogens (tertiary/aromatic N) is 5. The van der Waals surface area contributed by atoms with Gasteiger partial charge in [0.05, 0.1) is 18.7 Å². The second kappa shape index (κ2) is 6.17. The summed E-state index contributed by atoms with van der Waals surface area (Å²) >= 11 is 1.66. The lowest BCUT2D eigenvalue weighted by atomic mass is 10.2. The van der Waals surface area contributed by atoms with Crippen molar-refractivity contribution in [3.8, 4) is 0 Å². The third-order valence-electron chi connectivity index (χ3n) is 3.68. The molecular formula is C13H19N5O2S. The summed E-state index contributed by atoms with van der Waals surface area (Å²) in [6, 6.07) is 0.0881. The summed E-state index contributed by atoms with van der Waals surface area (Å²) in [6.45, 7) is 5.50. The molecule has 3 heterocycles. The molecule has 0 aromatic carbocycles. The van der Waals surface area contributed by atoms with Crippen molar-refractivity contribution < 1.29 is 9.26 Å². The molecule has 114 valence electrons. The Hall–Kier alpha value is -1.38. The molecular weight excluding hydrogens is 290 g/mol. The second-order valence-corrected chi connectivity index (χ2v) is 6.31. The van der Waals surface area contributed by atoms with Crippen molar-refractivity contribution in [2.24, 2.45) is 0 Å². The van der Waals surface area contributed by atoms with Crippen molar-refractivity contribution in [1.82, 2.24) is 25.2 Å². The minimum atomic E-state index is 0.0881. The molecule has 21 heavy (non-hydrogen) atoms. The first-order valence-electron chi connectivity index (χ1n) is 7.08. The number of hydrogen-bond acceptors (Lipinski definition) is 8. The molecule has 1 saturated heterocycles. The molecule has 1 fully saturated rings. The summed E-state index contributed by atoms with van der Waals surface area (Å²) in [4.78, 5) is 6.65. The van der Waals surface area contributed by atoms with E-state index in [1.165, 1.54) is 0 Å². The van der Waals surface area contributed by atoms with Gasteiger partial charge in [0.15, 0.2) is 5.82 Å². The normalized spacial score (nSPS) is 23.0. The predicted molar refractivity (Wildman–Crippen MR) is 76.9 cm³/mol.